The number of carboxylic acids is 1. The summed E-state index contributed by atoms with van der Waals surface area (Å²) in [6.07, 6.45) is 1.39. The molecule has 0 amide bonds. The van der Waals surface area contributed by atoms with Crippen LogP contribution >= 0.6 is 11.6 Å². The molecule has 0 spiro atoms. The predicted molar refractivity (Wildman–Crippen MR) is 57.0 cm³/mol. The summed E-state index contributed by atoms with van der Waals surface area (Å²) in [5.41, 5.74) is 0.441. The van der Waals surface area contributed by atoms with Gasteiger partial charge in [-0.15, -0.1) is 0 Å². The van der Waals surface area contributed by atoms with Crippen molar-refractivity contribution in [2.24, 2.45) is 0 Å². The van der Waals surface area contributed by atoms with Crippen molar-refractivity contribution in [3.05, 3.63) is 28.5 Å². The van der Waals surface area contributed by atoms with Gasteiger partial charge in [0.15, 0.2) is 5.69 Å². The zero-order valence-electron chi connectivity index (χ0n) is 8.04. The monoisotopic (exact) mass is 224 g/mol. The van der Waals surface area contributed by atoms with E-state index in [2.05, 4.69) is 22.1 Å². The zero-order valence-corrected chi connectivity index (χ0v) is 8.80. The Kier molecular flexibility index (Phi) is 4.10. The average molecular weight is 225 g/mol. The Labute approximate surface area is 92.3 Å². The van der Waals surface area contributed by atoms with Gasteiger partial charge in [-0.05, 0) is 13.1 Å². The van der Waals surface area contributed by atoms with Crippen LogP contribution < -0.4 is 5.32 Å². The van der Waals surface area contributed by atoms with Crippen LogP contribution in [0.5, 0.6) is 0 Å². The first-order valence-corrected chi connectivity index (χ1v) is 4.55. The van der Waals surface area contributed by atoms with Crippen LogP contribution in [0.2, 0.25) is 5.02 Å². The van der Waals surface area contributed by atoms with Gasteiger partial charge in [-0.2, -0.15) is 0 Å². The average Bonchev–Trinajstić information content (AvgIpc) is 2.17. The number of nitrogens with zero attached hydrogens (tertiary/aromatic N) is 1. The Bertz CT molecular complexity index is 435. The lowest BCUT2D eigenvalue weighted by Crippen LogP contribution is -2.04. The van der Waals surface area contributed by atoms with E-state index in [4.69, 9.17) is 16.7 Å². The van der Waals surface area contributed by atoms with Crippen LogP contribution in [0.4, 0.5) is 0 Å². The Morgan fingerprint density at radius 3 is 3.00 bits per heavy atom. The molecule has 1 aromatic heterocycles. The molecule has 5 heteroatoms. The first-order valence-electron chi connectivity index (χ1n) is 4.17. The van der Waals surface area contributed by atoms with Crippen LogP contribution in [0.15, 0.2) is 12.3 Å². The fraction of sp³-hybridized carbons (Fsp3) is 0.200. The zero-order chi connectivity index (χ0) is 11.3. The van der Waals surface area contributed by atoms with Crippen LogP contribution in [0, 0.1) is 11.8 Å². The van der Waals surface area contributed by atoms with E-state index in [-0.39, 0.29) is 10.7 Å². The molecule has 0 atom stereocenters. The van der Waals surface area contributed by atoms with E-state index < -0.39 is 5.97 Å². The van der Waals surface area contributed by atoms with E-state index >= 15 is 0 Å². The number of carbonyl (C=O) groups is 1. The van der Waals surface area contributed by atoms with E-state index in [1.54, 1.807) is 7.05 Å². The lowest BCUT2D eigenvalue weighted by Gasteiger charge is -1.97. The topological polar surface area (TPSA) is 62.2 Å². The highest BCUT2D eigenvalue weighted by Gasteiger charge is 2.09. The van der Waals surface area contributed by atoms with E-state index in [1.807, 2.05) is 0 Å². The van der Waals surface area contributed by atoms with Crippen LogP contribution in [-0.4, -0.2) is 29.7 Å². The Hall–Kier alpha value is -1.57. The first kappa shape index (κ1) is 11.5. The smallest absolute Gasteiger partial charge is 0.356 e. The number of aromatic nitrogens is 1. The highest BCUT2D eigenvalue weighted by molar-refractivity contribution is 6.33. The number of hydrogen-bond acceptors (Lipinski definition) is 3. The molecule has 4 nitrogen and oxygen atoms in total. The second-order valence-electron chi connectivity index (χ2n) is 2.69. The fourth-order valence-corrected chi connectivity index (χ4v) is 1.15. The molecule has 0 aliphatic rings. The molecular weight excluding hydrogens is 216 g/mol. The maximum Gasteiger partial charge on any atom is 0.356 e. The Balaban J connectivity index is 2.93. The number of hydrogen-bond donors (Lipinski definition) is 2. The minimum Gasteiger partial charge on any atom is -0.476 e. The van der Waals surface area contributed by atoms with Crippen molar-refractivity contribution in [1.82, 2.24) is 10.3 Å². The van der Waals surface area contributed by atoms with Crippen molar-refractivity contribution >= 4 is 17.6 Å². The molecule has 0 bridgehead atoms. The van der Waals surface area contributed by atoms with Gasteiger partial charge in [0.2, 0.25) is 0 Å². The fourth-order valence-electron chi connectivity index (χ4n) is 0.898. The first-order chi connectivity index (χ1) is 7.15. The predicted octanol–water partition coefficient (Wildman–Crippen LogP) is 1.00. The molecule has 1 aromatic rings. The van der Waals surface area contributed by atoms with Gasteiger partial charge >= 0.3 is 5.97 Å². The van der Waals surface area contributed by atoms with E-state index in [1.165, 1.54) is 12.3 Å². The number of pyridine rings is 1. The molecule has 2 N–H and O–H groups in total. The summed E-state index contributed by atoms with van der Waals surface area (Å²) in [4.78, 5) is 14.3. The summed E-state index contributed by atoms with van der Waals surface area (Å²) in [5, 5.41) is 11.6. The standard InChI is InChI=1S/C10H9ClN2O2/c1-12-4-2-3-7-5-8(11)9(10(14)15)13-6-7/h5-6,12H,4H2,1H3,(H,14,15). The van der Waals surface area contributed by atoms with Gasteiger partial charge in [0.1, 0.15) is 0 Å². The third-order valence-electron chi connectivity index (χ3n) is 1.54. The van der Waals surface area contributed by atoms with Crippen LogP contribution in [0.1, 0.15) is 16.1 Å². The largest absolute Gasteiger partial charge is 0.476 e. The van der Waals surface area contributed by atoms with Crippen molar-refractivity contribution in [2.45, 2.75) is 0 Å². The lowest BCUT2D eigenvalue weighted by molar-refractivity contribution is 0.0690. The summed E-state index contributed by atoms with van der Waals surface area (Å²) < 4.78 is 0. The van der Waals surface area contributed by atoms with Crippen LogP contribution in [-0.2, 0) is 0 Å². The molecule has 1 rings (SSSR count). The molecule has 78 valence electrons. The van der Waals surface area contributed by atoms with Crippen molar-refractivity contribution in [3.63, 3.8) is 0 Å². The molecule has 1 heterocycles. The maximum atomic E-state index is 10.6. The molecule has 0 fully saturated rings. The normalized spacial score (nSPS) is 9.20. The summed E-state index contributed by atoms with van der Waals surface area (Å²) in [6, 6.07) is 1.49. The molecule has 0 saturated heterocycles. The summed E-state index contributed by atoms with van der Waals surface area (Å²) in [5.74, 6) is 4.48. The minimum atomic E-state index is -1.14. The number of halogens is 1. The molecule has 0 radical (unpaired) electrons. The van der Waals surface area contributed by atoms with Crippen LogP contribution in [0.25, 0.3) is 0 Å². The Morgan fingerprint density at radius 2 is 2.47 bits per heavy atom. The molecule has 0 unspecified atom stereocenters. The molecule has 0 saturated carbocycles. The highest BCUT2D eigenvalue weighted by atomic mass is 35.5. The quantitative estimate of drug-likeness (QED) is 0.736. The molecule has 15 heavy (non-hydrogen) atoms. The molecule has 0 aliphatic carbocycles. The van der Waals surface area contributed by atoms with Gasteiger partial charge < -0.3 is 10.4 Å². The second kappa shape index (κ2) is 5.35. The van der Waals surface area contributed by atoms with E-state index in [9.17, 15) is 4.79 Å². The lowest BCUT2D eigenvalue weighted by atomic mass is 10.2. The molecule has 0 aromatic carbocycles. The van der Waals surface area contributed by atoms with Crippen molar-refractivity contribution in [2.75, 3.05) is 13.6 Å². The van der Waals surface area contributed by atoms with Crippen molar-refractivity contribution in [3.8, 4) is 11.8 Å². The van der Waals surface area contributed by atoms with Crippen LogP contribution in [0.3, 0.4) is 0 Å². The second-order valence-corrected chi connectivity index (χ2v) is 3.10. The number of nitrogens with one attached hydrogen (secondary N) is 1. The van der Waals surface area contributed by atoms with Gasteiger partial charge in [-0.25, -0.2) is 9.78 Å². The summed E-state index contributed by atoms with van der Waals surface area (Å²) in [6.45, 7) is 0.554. The van der Waals surface area contributed by atoms with Gasteiger partial charge in [0.25, 0.3) is 0 Å². The number of rotatable bonds is 2. The third kappa shape index (κ3) is 3.24. The van der Waals surface area contributed by atoms with E-state index in [0.29, 0.717) is 12.1 Å². The van der Waals surface area contributed by atoms with Gasteiger partial charge in [-0.1, -0.05) is 23.4 Å². The Morgan fingerprint density at radius 1 is 1.73 bits per heavy atom. The van der Waals surface area contributed by atoms with E-state index in [0.717, 1.165) is 0 Å². The third-order valence-corrected chi connectivity index (χ3v) is 1.83. The SMILES string of the molecule is CNCC#Cc1cnc(C(=O)O)c(Cl)c1. The number of aromatic carboxylic acids is 1. The minimum absolute atomic E-state index is 0.0961. The number of carboxylic acid groups (broad SMARTS) is 1. The summed E-state index contributed by atoms with van der Waals surface area (Å²) >= 11 is 5.71. The molecule has 0 aliphatic heterocycles. The molecular formula is C10H9ClN2O2. The summed E-state index contributed by atoms with van der Waals surface area (Å²) in [7, 11) is 1.79. The van der Waals surface area contributed by atoms with Crippen molar-refractivity contribution in [1.29, 1.82) is 0 Å². The maximum absolute atomic E-state index is 10.6. The van der Waals surface area contributed by atoms with Gasteiger partial charge in [-0.3, -0.25) is 0 Å². The van der Waals surface area contributed by atoms with Gasteiger partial charge in [0.05, 0.1) is 11.6 Å². The van der Waals surface area contributed by atoms with Gasteiger partial charge in [0, 0.05) is 11.8 Å². The van der Waals surface area contributed by atoms with Crippen molar-refractivity contribution < 1.29 is 9.90 Å². The highest BCUT2D eigenvalue weighted by Crippen LogP contribution is 2.14.